The first-order valence-corrected chi connectivity index (χ1v) is 17.5. The maximum Gasteiger partial charge on any atom is 0.303 e. The highest BCUT2D eigenvalue weighted by atomic mass is 16.4. The summed E-state index contributed by atoms with van der Waals surface area (Å²) in [5.41, 5.74) is 11.5. The molecule has 1 aliphatic rings. The van der Waals surface area contributed by atoms with Crippen molar-refractivity contribution < 1.29 is 24.3 Å². The van der Waals surface area contributed by atoms with Crippen LogP contribution >= 0.6 is 0 Å². The van der Waals surface area contributed by atoms with Gasteiger partial charge in [0.25, 0.3) is 5.91 Å². The smallest absolute Gasteiger partial charge is 0.303 e. The van der Waals surface area contributed by atoms with E-state index in [2.05, 4.69) is 31.1 Å². The van der Waals surface area contributed by atoms with E-state index in [0.29, 0.717) is 40.9 Å². The Labute approximate surface area is 298 Å². The van der Waals surface area contributed by atoms with Gasteiger partial charge in [-0.1, -0.05) is 30.3 Å². The van der Waals surface area contributed by atoms with E-state index in [1.807, 2.05) is 63.2 Å². The molecule has 1 aliphatic carbocycles. The van der Waals surface area contributed by atoms with E-state index in [0.717, 1.165) is 47.9 Å². The number of aromatic nitrogens is 3. The van der Waals surface area contributed by atoms with Crippen molar-refractivity contribution in [3.8, 4) is 22.5 Å². The van der Waals surface area contributed by atoms with E-state index < -0.39 is 12.0 Å². The third kappa shape index (κ3) is 10.1. The van der Waals surface area contributed by atoms with Crippen molar-refractivity contribution in [1.82, 2.24) is 25.8 Å². The van der Waals surface area contributed by atoms with Crippen LogP contribution in [-0.4, -0.2) is 62.6 Å². The fourth-order valence-electron chi connectivity index (χ4n) is 6.33. The highest BCUT2D eigenvalue weighted by Crippen LogP contribution is 2.29. The minimum Gasteiger partial charge on any atom is -0.481 e. The van der Waals surface area contributed by atoms with E-state index in [9.17, 15) is 19.2 Å². The molecule has 0 radical (unpaired) electrons. The Bertz CT molecular complexity index is 1830. The molecule has 3 aromatic carbocycles. The number of carboxylic acid groups (broad SMARTS) is 1. The molecule has 1 aromatic heterocycles. The van der Waals surface area contributed by atoms with Crippen LogP contribution in [0.1, 0.15) is 73.3 Å². The molecule has 12 nitrogen and oxygen atoms in total. The van der Waals surface area contributed by atoms with Gasteiger partial charge < -0.3 is 26.8 Å². The molecule has 1 saturated carbocycles. The number of aromatic amines is 1. The van der Waals surface area contributed by atoms with E-state index >= 15 is 0 Å². The largest absolute Gasteiger partial charge is 0.481 e. The molecule has 1 atom stereocenters. The van der Waals surface area contributed by atoms with Gasteiger partial charge in [-0.15, -0.1) is 0 Å². The zero-order valence-electron chi connectivity index (χ0n) is 29.4. The van der Waals surface area contributed by atoms with Crippen LogP contribution in [0.4, 0.5) is 5.69 Å². The van der Waals surface area contributed by atoms with Gasteiger partial charge in [0.2, 0.25) is 11.8 Å². The number of amides is 3. The predicted octanol–water partition coefficient (Wildman–Crippen LogP) is 5.03. The number of anilines is 1. The number of hydrogen-bond donors (Lipinski definition) is 6. The summed E-state index contributed by atoms with van der Waals surface area (Å²) in [6, 6.07) is 19.7. The highest BCUT2D eigenvalue weighted by Gasteiger charge is 2.29. The summed E-state index contributed by atoms with van der Waals surface area (Å²) in [5, 5.41) is 24.8. The van der Waals surface area contributed by atoms with Crippen molar-refractivity contribution in [3.63, 3.8) is 0 Å². The Morgan fingerprint density at radius 2 is 1.61 bits per heavy atom. The Hall–Kier alpha value is -5.36. The fraction of sp³-hybridized carbons (Fsp3) is 0.385. The number of carbonyl (C=O) groups is 4. The summed E-state index contributed by atoms with van der Waals surface area (Å²) in [4.78, 5) is 55.2. The molecular formula is C39H47N7O5. The molecule has 268 valence electrons. The van der Waals surface area contributed by atoms with Crippen molar-refractivity contribution in [2.45, 2.75) is 77.8 Å². The zero-order valence-corrected chi connectivity index (χ0v) is 29.4. The minimum atomic E-state index is -0.913. The van der Waals surface area contributed by atoms with Gasteiger partial charge in [0.05, 0.1) is 6.42 Å². The van der Waals surface area contributed by atoms with Gasteiger partial charge in [-0.25, -0.2) is 4.98 Å². The molecule has 0 aliphatic heterocycles. The average molecular weight is 694 g/mol. The number of nitrogens with zero attached hydrogens (tertiary/aromatic N) is 2. The SMILES string of the molecule is Cc1ccc(C(=O)NC(C)C)cc1-c1ccc(C[C@H](NC(=O)C2CCC(CN)CC2)C(=O)Nc2ccc(-c3n[nH]c(CCC(=O)O)n3)cc2)cc1. The Kier molecular flexibility index (Phi) is 12.3. The van der Waals surface area contributed by atoms with Gasteiger partial charge in [0.1, 0.15) is 11.9 Å². The summed E-state index contributed by atoms with van der Waals surface area (Å²) >= 11 is 0. The van der Waals surface area contributed by atoms with Gasteiger partial charge in [0.15, 0.2) is 5.82 Å². The summed E-state index contributed by atoms with van der Waals surface area (Å²) in [7, 11) is 0. The molecule has 0 unspecified atom stereocenters. The molecule has 7 N–H and O–H groups in total. The highest BCUT2D eigenvalue weighted by molar-refractivity contribution is 5.98. The monoisotopic (exact) mass is 693 g/mol. The van der Waals surface area contributed by atoms with Gasteiger partial charge in [-0.2, -0.15) is 5.10 Å². The van der Waals surface area contributed by atoms with E-state index in [1.165, 1.54) is 0 Å². The number of rotatable bonds is 14. The lowest BCUT2D eigenvalue weighted by molar-refractivity contribution is -0.137. The average Bonchev–Trinajstić information content (AvgIpc) is 3.60. The van der Waals surface area contributed by atoms with Gasteiger partial charge in [-0.3, -0.25) is 24.3 Å². The third-order valence-corrected chi connectivity index (χ3v) is 9.33. The number of H-pyrrole nitrogens is 1. The van der Waals surface area contributed by atoms with Crippen molar-refractivity contribution in [2.24, 2.45) is 17.6 Å². The maximum absolute atomic E-state index is 13.8. The first-order valence-electron chi connectivity index (χ1n) is 17.5. The summed E-state index contributed by atoms with van der Waals surface area (Å²) < 4.78 is 0. The van der Waals surface area contributed by atoms with Crippen LogP contribution in [0.25, 0.3) is 22.5 Å². The molecule has 0 spiro atoms. The Balaban J connectivity index is 1.30. The van der Waals surface area contributed by atoms with Crippen LogP contribution < -0.4 is 21.7 Å². The van der Waals surface area contributed by atoms with Gasteiger partial charge in [-0.05, 0) is 118 Å². The number of hydrogen-bond acceptors (Lipinski definition) is 7. The number of aryl methyl sites for hydroxylation is 2. The first-order chi connectivity index (χ1) is 24.5. The van der Waals surface area contributed by atoms with Crippen LogP contribution in [0.2, 0.25) is 0 Å². The van der Waals surface area contributed by atoms with Crippen molar-refractivity contribution in [1.29, 1.82) is 0 Å². The quantitative estimate of drug-likeness (QED) is 0.106. The topological polar surface area (TPSA) is 192 Å². The second-order valence-corrected chi connectivity index (χ2v) is 13.6. The van der Waals surface area contributed by atoms with Crippen LogP contribution in [0.15, 0.2) is 66.7 Å². The second kappa shape index (κ2) is 17.0. The summed E-state index contributed by atoms with van der Waals surface area (Å²) in [6.45, 7) is 6.47. The van der Waals surface area contributed by atoms with Crippen LogP contribution in [0.5, 0.6) is 0 Å². The number of benzene rings is 3. The lowest BCUT2D eigenvalue weighted by Gasteiger charge is -2.28. The molecular weight excluding hydrogens is 646 g/mol. The predicted molar refractivity (Wildman–Crippen MR) is 196 cm³/mol. The van der Waals surface area contributed by atoms with Gasteiger partial charge in [0, 0.05) is 41.6 Å². The molecule has 0 bridgehead atoms. The lowest BCUT2D eigenvalue weighted by Crippen LogP contribution is -2.48. The summed E-state index contributed by atoms with van der Waals surface area (Å²) in [6.07, 6.45) is 3.74. The van der Waals surface area contributed by atoms with E-state index in [4.69, 9.17) is 10.8 Å². The number of carbonyl (C=O) groups excluding carboxylic acids is 3. The molecule has 1 fully saturated rings. The summed E-state index contributed by atoms with van der Waals surface area (Å²) in [5.74, 6) is -0.358. The second-order valence-electron chi connectivity index (χ2n) is 13.6. The third-order valence-electron chi connectivity index (χ3n) is 9.33. The molecule has 3 amide bonds. The first kappa shape index (κ1) is 36.9. The lowest BCUT2D eigenvalue weighted by atomic mass is 9.81. The van der Waals surface area contributed by atoms with Crippen LogP contribution in [0.3, 0.4) is 0 Å². The van der Waals surface area contributed by atoms with Crippen molar-refractivity contribution in [2.75, 3.05) is 11.9 Å². The van der Waals surface area contributed by atoms with Crippen LogP contribution in [0, 0.1) is 18.8 Å². The zero-order chi connectivity index (χ0) is 36.5. The molecule has 5 rings (SSSR count). The molecule has 12 heteroatoms. The molecule has 51 heavy (non-hydrogen) atoms. The number of nitrogens with two attached hydrogens (primary N) is 1. The minimum absolute atomic E-state index is 0.0262. The standard InChI is InChI=1S/C39H47N7O5/c1-23(2)41-38(50)30-9-4-24(3)32(21-30)27-10-5-25(6-11-27)20-33(43-37(49)29-12-7-26(22-40)8-13-29)39(51)42-31-16-14-28(15-17-31)36-44-34(45-46-36)18-19-35(47)48/h4-6,9-11,14-17,21,23,26,29,33H,7-8,12-13,18-20,22,40H2,1-3H3,(H,41,50)(H,42,51)(H,43,49)(H,47,48)(H,44,45,46)/t26?,29?,33-/m0/s1. The number of aliphatic carboxylic acids is 1. The number of nitrogens with one attached hydrogen (secondary N) is 4. The fourth-order valence-corrected chi connectivity index (χ4v) is 6.33. The van der Waals surface area contributed by atoms with Gasteiger partial charge >= 0.3 is 5.97 Å². The Morgan fingerprint density at radius 1 is 0.922 bits per heavy atom. The normalized spacial score (nSPS) is 16.3. The molecule has 1 heterocycles. The van der Waals surface area contributed by atoms with Crippen LogP contribution in [-0.2, 0) is 27.2 Å². The molecule has 4 aromatic rings. The number of carboxylic acids is 1. The molecule has 0 saturated heterocycles. The van der Waals surface area contributed by atoms with Crippen molar-refractivity contribution >= 4 is 29.4 Å². The van der Waals surface area contributed by atoms with E-state index in [1.54, 1.807) is 24.3 Å². The van der Waals surface area contributed by atoms with Crippen molar-refractivity contribution in [3.05, 3.63) is 89.2 Å². The maximum atomic E-state index is 13.8. The Morgan fingerprint density at radius 3 is 2.25 bits per heavy atom. The van der Waals surface area contributed by atoms with E-state index in [-0.39, 0.29) is 48.9 Å².